The number of hydrogen-bond acceptors (Lipinski definition) is 5. The van der Waals surface area contributed by atoms with Crippen LogP contribution in [0, 0.1) is 5.82 Å². The van der Waals surface area contributed by atoms with Crippen LogP contribution in [-0.2, 0) is 16.0 Å². The van der Waals surface area contributed by atoms with Gasteiger partial charge in [0.05, 0.1) is 11.7 Å². The topological polar surface area (TPSA) is 108 Å². The second kappa shape index (κ2) is 7.92. The van der Waals surface area contributed by atoms with Gasteiger partial charge in [-0.2, -0.15) is 5.10 Å². The van der Waals surface area contributed by atoms with Gasteiger partial charge >= 0.3 is 6.09 Å². The van der Waals surface area contributed by atoms with Gasteiger partial charge in [0, 0.05) is 35.6 Å². The van der Waals surface area contributed by atoms with Crippen molar-refractivity contribution in [2.45, 2.75) is 18.6 Å². The second-order valence-corrected chi connectivity index (χ2v) is 7.41. The van der Waals surface area contributed by atoms with Gasteiger partial charge in [-0.25, -0.2) is 9.18 Å². The number of ether oxygens (including phenoxy) is 1. The molecular weight excluding hydrogens is 415 g/mol. The molecule has 2 heterocycles. The molecule has 10 heteroatoms. The molecule has 156 valence electrons. The molecule has 3 N–H and O–H groups in total. The SMILES string of the molecule is O=C(NCCc1cc(F)cc(Cl)c1)O[C@@]1(O)CCN(c2ccc3[nH]ncc3c2)C1=O. The normalized spacial score (nSPS) is 18.8. The Labute approximate surface area is 175 Å². The smallest absolute Gasteiger partial charge is 0.407 e. The maximum atomic E-state index is 13.3. The molecule has 1 atom stereocenters. The summed E-state index contributed by atoms with van der Waals surface area (Å²) in [6.07, 6.45) is 0.916. The minimum absolute atomic E-state index is 0.0673. The van der Waals surface area contributed by atoms with Crippen LogP contribution in [0.2, 0.25) is 5.02 Å². The number of halogens is 2. The number of aromatic amines is 1. The van der Waals surface area contributed by atoms with E-state index in [-0.39, 0.29) is 24.5 Å². The molecule has 0 aliphatic carbocycles. The van der Waals surface area contributed by atoms with Crippen molar-refractivity contribution in [2.75, 3.05) is 18.0 Å². The van der Waals surface area contributed by atoms with Crippen molar-refractivity contribution in [1.29, 1.82) is 0 Å². The molecule has 2 aromatic carbocycles. The van der Waals surface area contributed by atoms with Crippen molar-refractivity contribution in [3.63, 3.8) is 0 Å². The van der Waals surface area contributed by atoms with Gasteiger partial charge in [-0.05, 0) is 48.4 Å². The zero-order valence-corrected chi connectivity index (χ0v) is 16.4. The molecule has 0 unspecified atom stereocenters. The lowest BCUT2D eigenvalue weighted by Crippen LogP contribution is -2.46. The van der Waals surface area contributed by atoms with Gasteiger partial charge in [-0.3, -0.25) is 9.89 Å². The zero-order valence-electron chi connectivity index (χ0n) is 15.7. The second-order valence-electron chi connectivity index (χ2n) is 6.98. The summed E-state index contributed by atoms with van der Waals surface area (Å²) in [5.41, 5.74) is 1.98. The van der Waals surface area contributed by atoms with Crippen LogP contribution in [0.15, 0.2) is 42.6 Å². The first-order chi connectivity index (χ1) is 14.3. The highest BCUT2D eigenvalue weighted by atomic mass is 35.5. The maximum Gasteiger partial charge on any atom is 0.410 e. The predicted molar refractivity (Wildman–Crippen MR) is 108 cm³/mol. The van der Waals surface area contributed by atoms with Crippen LogP contribution in [0.25, 0.3) is 10.9 Å². The van der Waals surface area contributed by atoms with E-state index in [1.165, 1.54) is 17.0 Å². The maximum absolute atomic E-state index is 13.3. The third-order valence-corrected chi connectivity index (χ3v) is 5.07. The van der Waals surface area contributed by atoms with Crippen LogP contribution in [0.1, 0.15) is 12.0 Å². The van der Waals surface area contributed by atoms with Crippen molar-refractivity contribution in [3.05, 3.63) is 59.0 Å². The Morgan fingerprint density at radius 2 is 2.20 bits per heavy atom. The number of rotatable bonds is 5. The summed E-state index contributed by atoms with van der Waals surface area (Å²) in [6, 6.07) is 9.32. The fourth-order valence-electron chi connectivity index (χ4n) is 3.38. The molecule has 30 heavy (non-hydrogen) atoms. The van der Waals surface area contributed by atoms with E-state index in [0.717, 1.165) is 10.9 Å². The first-order valence-corrected chi connectivity index (χ1v) is 9.61. The summed E-state index contributed by atoms with van der Waals surface area (Å²) in [7, 11) is 0. The molecule has 2 amide bonds. The number of H-pyrrole nitrogens is 1. The van der Waals surface area contributed by atoms with E-state index in [2.05, 4.69) is 15.5 Å². The molecule has 8 nitrogen and oxygen atoms in total. The lowest BCUT2D eigenvalue weighted by molar-refractivity contribution is -0.175. The number of benzene rings is 2. The Kier molecular flexibility index (Phi) is 5.31. The monoisotopic (exact) mass is 432 g/mol. The molecule has 1 fully saturated rings. The fourth-order valence-corrected chi connectivity index (χ4v) is 3.62. The van der Waals surface area contributed by atoms with E-state index in [9.17, 15) is 19.1 Å². The van der Waals surface area contributed by atoms with Gasteiger partial charge in [0.1, 0.15) is 5.82 Å². The molecule has 3 aromatic rings. The first-order valence-electron chi connectivity index (χ1n) is 9.23. The van der Waals surface area contributed by atoms with Gasteiger partial charge < -0.3 is 20.1 Å². The van der Waals surface area contributed by atoms with Crippen LogP contribution in [0.5, 0.6) is 0 Å². The van der Waals surface area contributed by atoms with E-state index in [1.807, 2.05) is 0 Å². The highest BCUT2D eigenvalue weighted by Gasteiger charge is 2.49. The average Bonchev–Trinajstić information content (AvgIpc) is 3.25. The number of aliphatic hydroxyl groups is 1. The summed E-state index contributed by atoms with van der Waals surface area (Å²) in [4.78, 5) is 26.1. The Morgan fingerprint density at radius 1 is 1.37 bits per heavy atom. The molecule has 0 spiro atoms. The Balaban J connectivity index is 1.35. The highest BCUT2D eigenvalue weighted by molar-refractivity contribution is 6.30. The summed E-state index contributed by atoms with van der Waals surface area (Å²) in [5, 5.41) is 20.8. The quantitative estimate of drug-likeness (QED) is 0.537. The van der Waals surface area contributed by atoms with Gasteiger partial charge in [0.2, 0.25) is 0 Å². The van der Waals surface area contributed by atoms with Crippen LogP contribution in [0.3, 0.4) is 0 Å². The number of nitrogens with one attached hydrogen (secondary N) is 2. The minimum Gasteiger partial charge on any atom is -0.407 e. The van der Waals surface area contributed by atoms with Gasteiger partial charge in [-0.15, -0.1) is 0 Å². The number of alkyl carbamates (subject to hydrolysis) is 1. The number of fused-ring (bicyclic) bond motifs is 1. The fraction of sp³-hybridized carbons (Fsp3) is 0.250. The molecule has 0 bridgehead atoms. The number of aromatic nitrogens is 2. The minimum atomic E-state index is -2.25. The summed E-state index contributed by atoms with van der Waals surface area (Å²) >= 11 is 5.80. The molecule has 4 rings (SSSR count). The molecule has 0 saturated carbocycles. The van der Waals surface area contributed by atoms with E-state index >= 15 is 0 Å². The third-order valence-electron chi connectivity index (χ3n) is 4.86. The molecule has 0 radical (unpaired) electrons. The first kappa shape index (κ1) is 20.1. The molecule has 1 aliphatic rings. The number of amides is 2. The van der Waals surface area contributed by atoms with Gasteiger partial charge in [-0.1, -0.05) is 11.6 Å². The Bertz CT molecular complexity index is 1100. The summed E-state index contributed by atoms with van der Waals surface area (Å²) in [5.74, 6) is -3.45. The molecule has 1 saturated heterocycles. The van der Waals surface area contributed by atoms with Crippen LogP contribution in [-0.4, -0.2) is 46.2 Å². The number of anilines is 1. The molecule has 1 aromatic heterocycles. The van der Waals surface area contributed by atoms with E-state index in [0.29, 0.717) is 17.7 Å². The van der Waals surface area contributed by atoms with Crippen molar-refractivity contribution >= 4 is 40.2 Å². The van der Waals surface area contributed by atoms with Crippen molar-refractivity contribution in [2.24, 2.45) is 0 Å². The lowest BCUT2D eigenvalue weighted by Gasteiger charge is -2.22. The summed E-state index contributed by atoms with van der Waals surface area (Å²) in [6.45, 7) is 0.303. The number of hydrogen-bond donors (Lipinski definition) is 3. The van der Waals surface area contributed by atoms with Gasteiger partial charge in [0.15, 0.2) is 0 Å². The molecule has 1 aliphatic heterocycles. The number of nitrogens with zero attached hydrogens (tertiary/aromatic N) is 2. The molecular formula is C20H18ClFN4O4. The van der Waals surface area contributed by atoms with Crippen molar-refractivity contribution in [1.82, 2.24) is 15.5 Å². The van der Waals surface area contributed by atoms with Crippen LogP contribution in [0.4, 0.5) is 14.9 Å². The summed E-state index contributed by atoms with van der Waals surface area (Å²) < 4.78 is 18.4. The predicted octanol–water partition coefficient (Wildman–Crippen LogP) is 2.75. The van der Waals surface area contributed by atoms with Crippen molar-refractivity contribution in [3.8, 4) is 0 Å². The third kappa shape index (κ3) is 4.07. The van der Waals surface area contributed by atoms with E-state index < -0.39 is 23.6 Å². The standard InChI is InChI=1S/C20H18ClFN4O4/c21-14-7-12(8-15(22)10-14)3-5-23-19(28)30-20(29)4-6-26(18(20)27)16-1-2-17-13(9-16)11-24-25-17/h1-2,7-11,29H,3-6H2,(H,23,28)(H,24,25)/t20-/m0/s1. The number of carbonyl (C=O) groups is 2. The number of carbonyl (C=O) groups excluding carboxylic acids is 2. The Hall–Kier alpha value is -3.17. The van der Waals surface area contributed by atoms with Crippen molar-refractivity contribution < 1.29 is 23.8 Å². The Morgan fingerprint density at radius 3 is 3.00 bits per heavy atom. The van der Waals surface area contributed by atoms with E-state index in [1.54, 1.807) is 30.5 Å². The average molecular weight is 433 g/mol. The lowest BCUT2D eigenvalue weighted by atomic mass is 10.1. The highest BCUT2D eigenvalue weighted by Crippen LogP contribution is 2.31. The largest absolute Gasteiger partial charge is 0.410 e. The zero-order chi connectivity index (χ0) is 21.3. The van der Waals surface area contributed by atoms with E-state index in [4.69, 9.17) is 16.3 Å². The van der Waals surface area contributed by atoms with Gasteiger partial charge in [0.25, 0.3) is 11.7 Å². The van der Waals surface area contributed by atoms with Crippen LogP contribution < -0.4 is 10.2 Å². The van der Waals surface area contributed by atoms with Crippen LogP contribution >= 0.6 is 11.6 Å².